The van der Waals surface area contributed by atoms with E-state index in [9.17, 15) is 8.42 Å². The van der Waals surface area contributed by atoms with Gasteiger partial charge < -0.3 is 4.90 Å². The van der Waals surface area contributed by atoms with E-state index in [4.69, 9.17) is 0 Å². The van der Waals surface area contributed by atoms with Gasteiger partial charge >= 0.3 is 0 Å². The van der Waals surface area contributed by atoms with Crippen molar-refractivity contribution in [2.75, 3.05) is 18.0 Å². The fraction of sp³-hybridized carbons (Fsp3) is 0.444. The standard InChI is InChI=1S/C9H11N3O2S/c13-15(14)8-2-1-4-10-9(8)12-5-3-7(12)6-11-15/h1-2,4,7,11H,3,5-6H2/t7-/m1/s1. The molecule has 15 heavy (non-hydrogen) atoms. The molecule has 0 aliphatic carbocycles. The molecule has 80 valence electrons. The minimum atomic E-state index is -3.36. The molecule has 0 aromatic carbocycles. The van der Waals surface area contributed by atoms with Gasteiger partial charge in [-0.05, 0) is 18.6 Å². The van der Waals surface area contributed by atoms with E-state index in [1.54, 1.807) is 18.3 Å². The largest absolute Gasteiger partial charge is 0.351 e. The lowest BCUT2D eigenvalue weighted by molar-refractivity contribution is 0.442. The monoisotopic (exact) mass is 225 g/mol. The molecule has 1 atom stereocenters. The Labute approximate surface area is 88.2 Å². The predicted molar refractivity (Wildman–Crippen MR) is 55.2 cm³/mol. The molecule has 1 aromatic rings. The van der Waals surface area contributed by atoms with Gasteiger partial charge in [0.2, 0.25) is 10.0 Å². The van der Waals surface area contributed by atoms with Crippen LogP contribution < -0.4 is 9.62 Å². The molecule has 6 heteroatoms. The van der Waals surface area contributed by atoms with Crippen LogP contribution in [0.3, 0.4) is 0 Å². The van der Waals surface area contributed by atoms with Gasteiger partial charge in [0.25, 0.3) is 0 Å². The molecular formula is C9H11N3O2S. The number of nitrogens with one attached hydrogen (secondary N) is 1. The Bertz CT molecular complexity index is 500. The lowest BCUT2D eigenvalue weighted by Crippen LogP contribution is -2.52. The summed E-state index contributed by atoms with van der Waals surface area (Å²) in [6, 6.07) is 3.53. The Kier molecular flexibility index (Phi) is 1.78. The summed E-state index contributed by atoms with van der Waals surface area (Å²) in [7, 11) is -3.36. The van der Waals surface area contributed by atoms with E-state index >= 15 is 0 Å². The van der Waals surface area contributed by atoms with E-state index < -0.39 is 10.0 Å². The van der Waals surface area contributed by atoms with Crippen LogP contribution in [0, 0.1) is 0 Å². The van der Waals surface area contributed by atoms with Crippen molar-refractivity contribution in [3.8, 4) is 0 Å². The second-order valence-electron chi connectivity index (χ2n) is 3.81. The van der Waals surface area contributed by atoms with Crippen LogP contribution in [0.4, 0.5) is 5.82 Å². The lowest BCUT2D eigenvalue weighted by Gasteiger charge is -2.40. The Morgan fingerprint density at radius 3 is 3.13 bits per heavy atom. The number of nitrogens with zero attached hydrogens (tertiary/aromatic N) is 2. The van der Waals surface area contributed by atoms with E-state index in [1.807, 2.05) is 4.90 Å². The molecule has 5 nitrogen and oxygen atoms in total. The summed E-state index contributed by atoms with van der Waals surface area (Å²) in [5.74, 6) is 0.596. The molecule has 0 spiro atoms. The maximum atomic E-state index is 11.8. The molecule has 1 saturated heterocycles. The van der Waals surface area contributed by atoms with Crippen molar-refractivity contribution in [1.82, 2.24) is 9.71 Å². The fourth-order valence-electron chi connectivity index (χ4n) is 2.02. The van der Waals surface area contributed by atoms with Crippen molar-refractivity contribution in [2.45, 2.75) is 17.4 Å². The minimum absolute atomic E-state index is 0.274. The number of hydrogen-bond donors (Lipinski definition) is 1. The first kappa shape index (κ1) is 9.11. The number of hydrogen-bond acceptors (Lipinski definition) is 4. The van der Waals surface area contributed by atoms with Crippen LogP contribution in [-0.2, 0) is 10.0 Å². The molecule has 0 unspecified atom stereocenters. The van der Waals surface area contributed by atoms with Crippen LogP contribution in [-0.4, -0.2) is 32.5 Å². The molecule has 0 bridgehead atoms. The highest BCUT2D eigenvalue weighted by Crippen LogP contribution is 2.32. The summed E-state index contributed by atoms with van der Waals surface area (Å²) in [5, 5.41) is 0. The van der Waals surface area contributed by atoms with Crippen molar-refractivity contribution in [1.29, 1.82) is 0 Å². The maximum absolute atomic E-state index is 11.8. The first-order valence-electron chi connectivity index (χ1n) is 4.90. The Morgan fingerprint density at radius 2 is 2.40 bits per heavy atom. The molecule has 2 aliphatic heterocycles. The van der Waals surface area contributed by atoms with Crippen molar-refractivity contribution in [3.63, 3.8) is 0 Å². The first-order valence-corrected chi connectivity index (χ1v) is 6.38. The van der Waals surface area contributed by atoms with Gasteiger partial charge in [-0.15, -0.1) is 0 Å². The number of sulfonamides is 1. The average Bonchev–Trinajstić information content (AvgIpc) is 2.22. The highest BCUT2D eigenvalue weighted by Gasteiger charge is 2.37. The van der Waals surface area contributed by atoms with Crippen LogP contribution >= 0.6 is 0 Å². The summed E-state index contributed by atoms with van der Waals surface area (Å²) in [4.78, 5) is 6.51. The van der Waals surface area contributed by atoms with Gasteiger partial charge in [0.15, 0.2) is 0 Å². The highest BCUT2D eigenvalue weighted by molar-refractivity contribution is 7.89. The van der Waals surface area contributed by atoms with Crippen molar-refractivity contribution in [2.24, 2.45) is 0 Å². The van der Waals surface area contributed by atoms with Crippen LogP contribution in [0.2, 0.25) is 0 Å². The quantitative estimate of drug-likeness (QED) is 0.672. The molecule has 1 N–H and O–H groups in total. The van der Waals surface area contributed by atoms with E-state index in [0.717, 1.165) is 13.0 Å². The SMILES string of the molecule is O=S1(=O)NC[C@H]2CCN2c2ncccc21. The number of rotatable bonds is 0. The van der Waals surface area contributed by atoms with E-state index in [2.05, 4.69) is 9.71 Å². The summed E-state index contributed by atoms with van der Waals surface area (Å²) < 4.78 is 26.3. The normalized spacial score (nSPS) is 27.2. The number of fused-ring (bicyclic) bond motifs is 3. The number of pyridine rings is 1. The highest BCUT2D eigenvalue weighted by atomic mass is 32.2. The topological polar surface area (TPSA) is 62.3 Å². The van der Waals surface area contributed by atoms with E-state index in [1.165, 1.54) is 0 Å². The third-order valence-electron chi connectivity index (χ3n) is 2.97. The van der Waals surface area contributed by atoms with E-state index in [-0.39, 0.29) is 6.04 Å². The van der Waals surface area contributed by atoms with Crippen molar-refractivity contribution < 1.29 is 8.42 Å². The van der Waals surface area contributed by atoms with Crippen LogP contribution in [0.1, 0.15) is 6.42 Å². The molecule has 3 rings (SSSR count). The Hall–Kier alpha value is -1.14. The van der Waals surface area contributed by atoms with Gasteiger partial charge in [0, 0.05) is 25.3 Å². The minimum Gasteiger partial charge on any atom is -0.351 e. The summed E-state index contributed by atoms with van der Waals surface area (Å²) >= 11 is 0. The van der Waals surface area contributed by atoms with Gasteiger partial charge in [-0.1, -0.05) is 0 Å². The second-order valence-corrected chi connectivity index (χ2v) is 5.55. The van der Waals surface area contributed by atoms with E-state index in [0.29, 0.717) is 17.3 Å². The van der Waals surface area contributed by atoms with Gasteiger partial charge in [-0.3, -0.25) is 0 Å². The molecule has 3 heterocycles. The maximum Gasteiger partial charge on any atom is 0.244 e. The molecule has 2 aliphatic rings. The first-order chi connectivity index (χ1) is 7.18. The predicted octanol–water partition coefficient (Wildman–Crippen LogP) is -0.0478. The van der Waals surface area contributed by atoms with Crippen LogP contribution in [0.25, 0.3) is 0 Å². The zero-order valence-electron chi connectivity index (χ0n) is 8.05. The fourth-order valence-corrected chi connectivity index (χ4v) is 3.26. The average molecular weight is 225 g/mol. The molecule has 1 aromatic heterocycles. The van der Waals surface area contributed by atoms with Crippen molar-refractivity contribution >= 4 is 15.8 Å². The zero-order valence-corrected chi connectivity index (χ0v) is 8.87. The van der Waals surface area contributed by atoms with Crippen LogP contribution in [0.5, 0.6) is 0 Å². The molecule has 0 amide bonds. The summed E-state index contributed by atoms with van der Waals surface area (Å²) in [5.41, 5.74) is 0. The third-order valence-corrected chi connectivity index (χ3v) is 4.41. The zero-order chi connectivity index (χ0) is 10.5. The van der Waals surface area contributed by atoms with Crippen LogP contribution in [0.15, 0.2) is 23.2 Å². The Morgan fingerprint density at radius 1 is 1.53 bits per heavy atom. The lowest BCUT2D eigenvalue weighted by atomic mass is 10.0. The van der Waals surface area contributed by atoms with Gasteiger partial charge in [0.1, 0.15) is 10.7 Å². The number of anilines is 1. The number of aromatic nitrogens is 1. The van der Waals surface area contributed by atoms with Crippen molar-refractivity contribution in [3.05, 3.63) is 18.3 Å². The van der Waals surface area contributed by atoms with Gasteiger partial charge in [-0.25, -0.2) is 18.1 Å². The third kappa shape index (κ3) is 1.25. The van der Waals surface area contributed by atoms with Gasteiger partial charge in [-0.2, -0.15) is 0 Å². The molecule has 0 radical (unpaired) electrons. The molecular weight excluding hydrogens is 214 g/mol. The summed E-state index contributed by atoms with van der Waals surface area (Å²) in [6.45, 7) is 1.38. The second kappa shape index (κ2) is 2.93. The molecule has 0 saturated carbocycles. The Balaban J connectivity index is 2.21. The smallest absolute Gasteiger partial charge is 0.244 e. The molecule has 1 fully saturated rings. The van der Waals surface area contributed by atoms with Gasteiger partial charge in [0.05, 0.1) is 0 Å². The summed E-state index contributed by atoms with van der Waals surface area (Å²) in [6.07, 6.45) is 2.66.